The van der Waals surface area contributed by atoms with Crippen molar-refractivity contribution in [3.05, 3.63) is 18.2 Å². The molecule has 1 aromatic rings. The zero-order chi connectivity index (χ0) is 10.4. The maximum Gasteiger partial charge on any atom is 0.321 e. The molecule has 1 aromatic heterocycles. The number of carbonyl (C=O) groups is 1. The smallest absolute Gasteiger partial charge is 0.321 e. The van der Waals surface area contributed by atoms with Crippen LogP contribution in [0.4, 0.5) is 0 Å². The van der Waals surface area contributed by atoms with E-state index in [1.165, 1.54) is 6.33 Å². The minimum absolute atomic E-state index is 0.0766. The molecule has 0 fully saturated rings. The molecule has 0 saturated carbocycles. The van der Waals surface area contributed by atoms with Gasteiger partial charge < -0.3 is 20.5 Å². The first-order valence-corrected chi connectivity index (χ1v) is 4.28. The van der Waals surface area contributed by atoms with Gasteiger partial charge in [0.05, 0.1) is 12.9 Å². The second kappa shape index (κ2) is 5.36. The summed E-state index contributed by atoms with van der Waals surface area (Å²) in [6.45, 7) is 0.192. The first-order chi connectivity index (χ1) is 6.74. The summed E-state index contributed by atoms with van der Waals surface area (Å²) < 4.78 is 0. The first-order valence-electron chi connectivity index (χ1n) is 4.28. The van der Waals surface area contributed by atoms with Gasteiger partial charge in [0, 0.05) is 24.9 Å². The molecule has 0 saturated heterocycles. The third kappa shape index (κ3) is 3.15. The monoisotopic (exact) mass is 199 g/mol. The number of aromatic amines is 1. The highest BCUT2D eigenvalue weighted by atomic mass is 16.4. The van der Waals surface area contributed by atoms with Crippen LogP contribution in [-0.4, -0.2) is 45.3 Å². The summed E-state index contributed by atoms with van der Waals surface area (Å²) in [5.41, 5.74) is 0.753. The van der Waals surface area contributed by atoms with Crippen molar-refractivity contribution in [3.8, 4) is 0 Å². The van der Waals surface area contributed by atoms with Crippen molar-refractivity contribution in [1.82, 2.24) is 15.3 Å². The largest absolute Gasteiger partial charge is 0.480 e. The lowest BCUT2D eigenvalue weighted by Gasteiger charge is -2.11. The Bertz CT molecular complexity index is 273. The van der Waals surface area contributed by atoms with Gasteiger partial charge in [-0.1, -0.05) is 0 Å². The molecule has 78 valence electrons. The van der Waals surface area contributed by atoms with Gasteiger partial charge in [0.25, 0.3) is 0 Å². The van der Waals surface area contributed by atoms with E-state index >= 15 is 0 Å². The molecule has 1 rings (SSSR count). The second-order valence-corrected chi connectivity index (χ2v) is 2.85. The fourth-order valence-electron chi connectivity index (χ4n) is 1.10. The Morgan fingerprint density at radius 3 is 3.00 bits per heavy atom. The van der Waals surface area contributed by atoms with E-state index < -0.39 is 12.0 Å². The molecule has 0 aliphatic heterocycles. The Hall–Kier alpha value is -1.40. The van der Waals surface area contributed by atoms with E-state index in [0.29, 0.717) is 6.42 Å². The second-order valence-electron chi connectivity index (χ2n) is 2.85. The van der Waals surface area contributed by atoms with Crippen molar-refractivity contribution in [2.24, 2.45) is 0 Å². The van der Waals surface area contributed by atoms with Crippen molar-refractivity contribution >= 4 is 5.97 Å². The minimum Gasteiger partial charge on any atom is -0.480 e. The van der Waals surface area contributed by atoms with E-state index in [2.05, 4.69) is 15.3 Å². The number of nitrogens with one attached hydrogen (secondary N) is 2. The number of hydrogen-bond acceptors (Lipinski definition) is 4. The summed E-state index contributed by atoms with van der Waals surface area (Å²) in [4.78, 5) is 17.4. The molecular weight excluding hydrogens is 186 g/mol. The van der Waals surface area contributed by atoms with Gasteiger partial charge in [-0.3, -0.25) is 4.79 Å². The Labute approximate surface area is 81.0 Å². The lowest BCUT2D eigenvalue weighted by atomic mass is 10.1. The predicted octanol–water partition coefficient (Wildman–Crippen LogP) is -1.01. The standard InChI is InChI=1S/C8H13N3O3/c12-2-1-10-7(8(13)14)3-6-4-9-5-11-6/h4-5,7,10,12H,1-3H2,(H,9,11)(H,13,14). The van der Waals surface area contributed by atoms with Crippen LogP contribution in [0.2, 0.25) is 0 Å². The van der Waals surface area contributed by atoms with E-state index in [1.54, 1.807) is 6.20 Å². The first kappa shape index (κ1) is 10.7. The molecule has 0 aliphatic carbocycles. The zero-order valence-corrected chi connectivity index (χ0v) is 7.60. The maximum atomic E-state index is 10.8. The number of carboxylic acid groups (broad SMARTS) is 1. The van der Waals surface area contributed by atoms with Gasteiger partial charge in [-0.25, -0.2) is 4.98 Å². The number of rotatable bonds is 6. The number of carboxylic acids is 1. The van der Waals surface area contributed by atoms with Crippen molar-refractivity contribution in [3.63, 3.8) is 0 Å². The van der Waals surface area contributed by atoms with Crippen LogP contribution in [0.25, 0.3) is 0 Å². The van der Waals surface area contributed by atoms with E-state index in [9.17, 15) is 4.79 Å². The molecule has 0 bridgehead atoms. The highest BCUT2D eigenvalue weighted by Crippen LogP contribution is 1.98. The molecule has 0 spiro atoms. The Balaban J connectivity index is 2.47. The van der Waals surface area contributed by atoms with Gasteiger partial charge in [-0.2, -0.15) is 0 Å². The molecule has 4 N–H and O–H groups in total. The van der Waals surface area contributed by atoms with E-state index in [1.807, 2.05) is 0 Å². The lowest BCUT2D eigenvalue weighted by molar-refractivity contribution is -0.139. The summed E-state index contributed by atoms with van der Waals surface area (Å²) in [6.07, 6.45) is 3.41. The summed E-state index contributed by atoms with van der Waals surface area (Å²) in [6, 6.07) is -0.692. The van der Waals surface area contributed by atoms with Gasteiger partial charge >= 0.3 is 5.97 Å². The zero-order valence-electron chi connectivity index (χ0n) is 7.60. The fourth-order valence-corrected chi connectivity index (χ4v) is 1.10. The molecule has 0 amide bonds. The quantitative estimate of drug-likeness (QED) is 0.470. The molecule has 14 heavy (non-hydrogen) atoms. The topological polar surface area (TPSA) is 98.2 Å². The van der Waals surface area contributed by atoms with Crippen LogP contribution >= 0.6 is 0 Å². The summed E-state index contributed by atoms with van der Waals surface area (Å²) in [5, 5.41) is 20.1. The van der Waals surface area contributed by atoms with Crippen LogP contribution in [0.3, 0.4) is 0 Å². The van der Waals surface area contributed by atoms with E-state index in [0.717, 1.165) is 5.69 Å². The molecule has 6 heteroatoms. The van der Waals surface area contributed by atoms with Gasteiger partial charge in [0.1, 0.15) is 6.04 Å². The SMILES string of the molecule is O=C(O)C(Cc1cnc[nH]1)NCCO. The molecule has 1 heterocycles. The number of nitrogens with zero attached hydrogens (tertiary/aromatic N) is 1. The van der Waals surface area contributed by atoms with Gasteiger partial charge in [0.2, 0.25) is 0 Å². The predicted molar refractivity (Wildman–Crippen MR) is 48.8 cm³/mol. The molecule has 1 atom stereocenters. The summed E-state index contributed by atoms with van der Waals surface area (Å²) in [7, 11) is 0. The van der Waals surface area contributed by atoms with Gasteiger partial charge in [-0.05, 0) is 0 Å². The molecular formula is C8H13N3O3. The van der Waals surface area contributed by atoms with Crippen LogP contribution in [0.15, 0.2) is 12.5 Å². The number of imidazole rings is 1. The third-order valence-corrected chi connectivity index (χ3v) is 1.78. The highest BCUT2D eigenvalue weighted by molar-refractivity contribution is 5.73. The molecule has 0 radical (unpaired) electrons. The number of aromatic nitrogens is 2. The van der Waals surface area contributed by atoms with Crippen molar-refractivity contribution in [2.75, 3.05) is 13.2 Å². The Morgan fingerprint density at radius 1 is 1.71 bits per heavy atom. The number of hydrogen-bond donors (Lipinski definition) is 4. The Kier molecular flexibility index (Phi) is 4.09. The lowest BCUT2D eigenvalue weighted by Crippen LogP contribution is -2.40. The number of aliphatic hydroxyl groups excluding tert-OH is 1. The number of H-pyrrole nitrogens is 1. The summed E-state index contributed by atoms with van der Waals surface area (Å²) >= 11 is 0. The van der Waals surface area contributed by atoms with E-state index in [4.69, 9.17) is 10.2 Å². The van der Waals surface area contributed by atoms with Crippen molar-refractivity contribution < 1.29 is 15.0 Å². The molecule has 6 nitrogen and oxygen atoms in total. The van der Waals surface area contributed by atoms with Crippen LogP contribution in [0.5, 0.6) is 0 Å². The molecule has 1 unspecified atom stereocenters. The normalized spacial score (nSPS) is 12.6. The van der Waals surface area contributed by atoms with Crippen LogP contribution < -0.4 is 5.32 Å². The van der Waals surface area contributed by atoms with Crippen LogP contribution in [-0.2, 0) is 11.2 Å². The van der Waals surface area contributed by atoms with Gasteiger partial charge in [-0.15, -0.1) is 0 Å². The molecule has 0 aliphatic rings. The van der Waals surface area contributed by atoms with Crippen molar-refractivity contribution in [2.45, 2.75) is 12.5 Å². The average Bonchev–Trinajstić information content (AvgIpc) is 2.64. The fraction of sp³-hybridized carbons (Fsp3) is 0.500. The third-order valence-electron chi connectivity index (χ3n) is 1.78. The number of aliphatic hydroxyl groups is 1. The highest BCUT2D eigenvalue weighted by Gasteiger charge is 2.17. The molecule has 0 aromatic carbocycles. The van der Waals surface area contributed by atoms with Crippen LogP contribution in [0, 0.1) is 0 Å². The van der Waals surface area contributed by atoms with Crippen LogP contribution in [0.1, 0.15) is 5.69 Å². The maximum absolute atomic E-state index is 10.8. The van der Waals surface area contributed by atoms with Crippen molar-refractivity contribution in [1.29, 1.82) is 0 Å². The van der Waals surface area contributed by atoms with E-state index in [-0.39, 0.29) is 13.2 Å². The summed E-state index contributed by atoms with van der Waals surface area (Å²) in [5.74, 6) is -0.937. The number of aliphatic carboxylic acids is 1. The Morgan fingerprint density at radius 2 is 2.50 bits per heavy atom. The average molecular weight is 199 g/mol. The van der Waals surface area contributed by atoms with Gasteiger partial charge in [0.15, 0.2) is 0 Å². The minimum atomic E-state index is -0.937.